The number of urea groups is 1. The highest BCUT2D eigenvalue weighted by Gasteiger charge is 2.34. The quantitative estimate of drug-likeness (QED) is 0.689. The molecule has 0 spiro atoms. The molecule has 3 N–H and O–H groups in total. The summed E-state index contributed by atoms with van der Waals surface area (Å²) in [5, 5.41) is 15.7. The average molecular weight is 283 g/mol. The van der Waals surface area contributed by atoms with Gasteiger partial charge in [0.1, 0.15) is 0 Å². The molecule has 5 heteroatoms. The highest BCUT2D eigenvalue weighted by Crippen LogP contribution is 2.30. The van der Waals surface area contributed by atoms with Crippen LogP contribution in [0.15, 0.2) is 0 Å². The van der Waals surface area contributed by atoms with Gasteiger partial charge in [-0.15, -0.1) is 0 Å². The molecule has 0 bridgehead atoms. The predicted molar refractivity (Wildman–Crippen MR) is 79.6 cm³/mol. The smallest absolute Gasteiger partial charge is 0.314 e. The van der Waals surface area contributed by atoms with Crippen LogP contribution in [0.4, 0.5) is 4.79 Å². The molecule has 1 saturated carbocycles. The van der Waals surface area contributed by atoms with Crippen molar-refractivity contribution in [3.05, 3.63) is 0 Å². The Bertz CT molecular complexity index is 329. The second-order valence-corrected chi connectivity index (χ2v) is 6.83. The van der Waals surface area contributed by atoms with Gasteiger partial charge in [-0.05, 0) is 44.6 Å². The van der Waals surface area contributed by atoms with E-state index < -0.39 is 5.60 Å². The number of rotatable bonds is 6. The van der Waals surface area contributed by atoms with Crippen LogP contribution in [0, 0.1) is 5.92 Å². The molecule has 0 aromatic heterocycles. The molecule has 5 nitrogen and oxygen atoms in total. The minimum absolute atomic E-state index is 0.151. The zero-order valence-electron chi connectivity index (χ0n) is 12.8. The SMILES string of the molecule is CC(C)CN1CCC[C@H]1CNC(=O)NCC1(O)CCC1. The number of hydrogen-bond acceptors (Lipinski definition) is 3. The Hall–Kier alpha value is -0.810. The number of carbonyl (C=O) groups excluding carboxylic acids is 1. The summed E-state index contributed by atoms with van der Waals surface area (Å²) in [6.07, 6.45) is 5.06. The summed E-state index contributed by atoms with van der Waals surface area (Å²) in [5.74, 6) is 0.664. The predicted octanol–water partition coefficient (Wildman–Crippen LogP) is 1.32. The van der Waals surface area contributed by atoms with Crippen LogP contribution in [0.1, 0.15) is 46.0 Å². The summed E-state index contributed by atoms with van der Waals surface area (Å²) in [6, 6.07) is 0.316. The van der Waals surface area contributed by atoms with Crippen LogP contribution in [0.3, 0.4) is 0 Å². The Morgan fingerprint density at radius 2 is 2.10 bits per heavy atom. The van der Waals surface area contributed by atoms with Crippen LogP contribution in [-0.4, -0.2) is 53.9 Å². The average Bonchev–Trinajstić information content (AvgIpc) is 2.78. The number of carbonyl (C=O) groups is 1. The lowest BCUT2D eigenvalue weighted by molar-refractivity contribution is -0.0290. The third kappa shape index (κ3) is 4.35. The topological polar surface area (TPSA) is 64.6 Å². The summed E-state index contributed by atoms with van der Waals surface area (Å²) in [7, 11) is 0. The summed E-state index contributed by atoms with van der Waals surface area (Å²) >= 11 is 0. The largest absolute Gasteiger partial charge is 0.388 e. The number of hydrogen-bond donors (Lipinski definition) is 3. The monoisotopic (exact) mass is 283 g/mol. The van der Waals surface area contributed by atoms with Crippen LogP contribution >= 0.6 is 0 Å². The second kappa shape index (κ2) is 6.76. The van der Waals surface area contributed by atoms with Crippen molar-refractivity contribution >= 4 is 6.03 Å². The number of nitrogens with one attached hydrogen (secondary N) is 2. The van der Waals surface area contributed by atoms with Gasteiger partial charge in [0.2, 0.25) is 0 Å². The normalized spacial score (nSPS) is 25.5. The lowest BCUT2D eigenvalue weighted by atomic mass is 9.80. The first kappa shape index (κ1) is 15.6. The van der Waals surface area contributed by atoms with Gasteiger partial charge in [-0.25, -0.2) is 4.79 Å². The molecule has 0 aromatic carbocycles. The van der Waals surface area contributed by atoms with Gasteiger partial charge in [-0.3, -0.25) is 4.90 Å². The second-order valence-electron chi connectivity index (χ2n) is 6.83. The van der Waals surface area contributed by atoms with E-state index in [1.807, 2.05) is 0 Å². The number of nitrogens with zero attached hydrogens (tertiary/aromatic N) is 1. The zero-order valence-corrected chi connectivity index (χ0v) is 12.8. The molecule has 2 aliphatic rings. The molecule has 0 aromatic rings. The molecular weight excluding hydrogens is 254 g/mol. The summed E-state index contributed by atoms with van der Waals surface area (Å²) < 4.78 is 0. The maximum Gasteiger partial charge on any atom is 0.314 e. The first-order valence-corrected chi connectivity index (χ1v) is 7.97. The first-order chi connectivity index (χ1) is 9.48. The molecule has 0 unspecified atom stereocenters. The van der Waals surface area contributed by atoms with Crippen LogP contribution < -0.4 is 10.6 Å². The Balaban J connectivity index is 1.64. The highest BCUT2D eigenvalue weighted by atomic mass is 16.3. The number of amides is 2. The van der Waals surface area contributed by atoms with Gasteiger partial charge in [0.05, 0.1) is 5.60 Å². The molecule has 20 heavy (non-hydrogen) atoms. The van der Waals surface area contributed by atoms with E-state index in [1.54, 1.807) is 0 Å². The maximum atomic E-state index is 11.8. The van der Waals surface area contributed by atoms with Crippen molar-refractivity contribution < 1.29 is 9.90 Å². The molecule has 116 valence electrons. The molecular formula is C15H29N3O2. The summed E-state index contributed by atoms with van der Waals surface area (Å²) in [6.45, 7) is 7.79. The standard InChI is InChI=1S/C15H29N3O2/c1-12(2)10-18-8-3-5-13(18)9-16-14(19)17-11-15(20)6-4-7-15/h12-13,20H,3-11H2,1-2H3,(H2,16,17,19)/t13-/m0/s1. The van der Waals surface area contributed by atoms with Crippen LogP contribution in [0.25, 0.3) is 0 Å². The van der Waals surface area contributed by atoms with Gasteiger partial charge in [0.15, 0.2) is 0 Å². The van der Waals surface area contributed by atoms with Crippen LogP contribution in [0.2, 0.25) is 0 Å². The van der Waals surface area contributed by atoms with E-state index >= 15 is 0 Å². The molecule has 1 saturated heterocycles. The van der Waals surface area contributed by atoms with Gasteiger partial charge in [-0.1, -0.05) is 13.8 Å². The fourth-order valence-corrected chi connectivity index (χ4v) is 3.12. The van der Waals surface area contributed by atoms with E-state index in [1.165, 1.54) is 6.42 Å². The Morgan fingerprint density at radius 1 is 1.35 bits per heavy atom. The lowest BCUT2D eigenvalue weighted by Crippen LogP contribution is -2.51. The van der Waals surface area contributed by atoms with E-state index in [-0.39, 0.29) is 6.03 Å². The van der Waals surface area contributed by atoms with E-state index in [0.29, 0.717) is 25.0 Å². The molecule has 1 atom stereocenters. The van der Waals surface area contributed by atoms with Crippen molar-refractivity contribution in [3.63, 3.8) is 0 Å². The van der Waals surface area contributed by atoms with Crippen molar-refractivity contribution in [1.29, 1.82) is 0 Å². The highest BCUT2D eigenvalue weighted by molar-refractivity contribution is 5.73. The van der Waals surface area contributed by atoms with Crippen molar-refractivity contribution in [3.8, 4) is 0 Å². The summed E-state index contributed by atoms with van der Waals surface area (Å²) in [4.78, 5) is 14.2. The van der Waals surface area contributed by atoms with Gasteiger partial charge >= 0.3 is 6.03 Å². The van der Waals surface area contributed by atoms with E-state index in [9.17, 15) is 9.90 Å². The Kier molecular flexibility index (Phi) is 5.27. The molecule has 2 rings (SSSR count). The van der Waals surface area contributed by atoms with E-state index in [2.05, 4.69) is 29.4 Å². The lowest BCUT2D eigenvalue weighted by Gasteiger charge is -2.36. The van der Waals surface area contributed by atoms with Gasteiger partial charge in [0.25, 0.3) is 0 Å². The van der Waals surface area contributed by atoms with Crippen molar-refractivity contribution in [2.45, 2.75) is 57.6 Å². The van der Waals surface area contributed by atoms with Gasteiger partial charge < -0.3 is 15.7 Å². The zero-order chi connectivity index (χ0) is 14.6. The van der Waals surface area contributed by atoms with Crippen LogP contribution in [0.5, 0.6) is 0 Å². The molecule has 1 aliphatic carbocycles. The Morgan fingerprint density at radius 3 is 2.70 bits per heavy atom. The van der Waals surface area contributed by atoms with E-state index in [0.717, 1.165) is 38.8 Å². The minimum Gasteiger partial charge on any atom is -0.388 e. The third-order valence-electron chi connectivity index (χ3n) is 4.46. The van der Waals surface area contributed by atoms with Gasteiger partial charge in [0, 0.05) is 25.7 Å². The van der Waals surface area contributed by atoms with Crippen molar-refractivity contribution in [2.75, 3.05) is 26.2 Å². The van der Waals surface area contributed by atoms with E-state index in [4.69, 9.17) is 0 Å². The third-order valence-corrected chi connectivity index (χ3v) is 4.46. The fourth-order valence-electron chi connectivity index (χ4n) is 3.12. The first-order valence-electron chi connectivity index (χ1n) is 7.97. The minimum atomic E-state index is -0.644. The van der Waals surface area contributed by atoms with Crippen molar-refractivity contribution in [1.82, 2.24) is 15.5 Å². The Labute approximate surface area is 122 Å². The maximum absolute atomic E-state index is 11.8. The number of aliphatic hydroxyl groups is 1. The molecule has 2 amide bonds. The van der Waals surface area contributed by atoms with Crippen molar-refractivity contribution in [2.24, 2.45) is 5.92 Å². The molecule has 1 heterocycles. The fraction of sp³-hybridized carbons (Fsp3) is 0.933. The molecule has 1 aliphatic heterocycles. The van der Waals surface area contributed by atoms with Gasteiger partial charge in [-0.2, -0.15) is 0 Å². The van der Waals surface area contributed by atoms with Crippen LogP contribution in [-0.2, 0) is 0 Å². The molecule has 0 radical (unpaired) electrons. The molecule has 2 fully saturated rings. The number of likely N-dealkylation sites (tertiary alicyclic amines) is 1. The summed E-state index contributed by atoms with van der Waals surface area (Å²) in [5.41, 5.74) is -0.644.